The van der Waals surface area contributed by atoms with Crippen molar-refractivity contribution in [3.05, 3.63) is 86.8 Å². The third kappa shape index (κ3) is 3.60. The van der Waals surface area contributed by atoms with E-state index < -0.39 is 0 Å². The van der Waals surface area contributed by atoms with Gasteiger partial charge < -0.3 is 14.5 Å². The van der Waals surface area contributed by atoms with Crippen LogP contribution in [-0.2, 0) is 13.0 Å². The van der Waals surface area contributed by atoms with Crippen molar-refractivity contribution in [1.29, 1.82) is 0 Å². The number of aromatic amines is 1. The number of hydrogen-bond donors (Lipinski definition) is 1. The summed E-state index contributed by atoms with van der Waals surface area (Å²) in [6.07, 6.45) is 0.879. The average Bonchev–Trinajstić information content (AvgIpc) is 3.28. The summed E-state index contributed by atoms with van der Waals surface area (Å²) < 4.78 is 11.8. The molecule has 31 heavy (non-hydrogen) atoms. The van der Waals surface area contributed by atoms with Crippen molar-refractivity contribution in [2.75, 3.05) is 20.8 Å². The number of ether oxygens (including phenoxy) is 2. The molecule has 0 spiro atoms. The highest BCUT2D eigenvalue weighted by atomic mass is 32.1. The molecule has 1 aliphatic heterocycles. The van der Waals surface area contributed by atoms with Crippen LogP contribution in [0.4, 0.5) is 0 Å². The van der Waals surface area contributed by atoms with E-state index in [4.69, 9.17) is 14.5 Å². The SMILES string of the molecule is COc1cc2c(cc1OC)[C@@H](c1ccccc1)N(Cc1nc3ccsc3c(=O)[nH]1)CC2. The molecule has 3 heterocycles. The Morgan fingerprint density at radius 3 is 2.68 bits per heavy atom. The molecule has 1 aliphatic rings. The minimum atomic E-state index is -0.0740. The quantitative estimate of drug-likeness (QED) is 0.512. The summed E-state index contributed by atoms with van der Waals surface area (Å²) in [5.41, 5.74) is 4.31. The highest BCUT2D eigenvalue weighted by molar-refractivity contribution is 7.17. The van der Waals surface area contributed by atoms with Gasteiger partial charge in [-0.15, -0.1) is 11.3 Å². The van der Waals surface area contributed by atoms with Crippen LogP contribution in [0.5, 0.6) is 11.5 Å². The van der Waals surface area contributed by atoms with E-state index in [9.17, 15) is 4.79 Å². The topological polar surface area (TPSA) is 67.5 Å². The zero-order valence-electron chi connectivity index (χ0n) is 17.4. The van der Waals surface area contributed by atoms with E-state index in [-0.39, 0.29) is 11.6 Å². The van der Waals surface area contributed by atoms with Gasteiger partial charge in [-0.1, -0.05) is 30.3 Å². The fraction of sp³-hybridized carbons (Fsp3) is 0.250. The van der Waals surface area contributed by atoms with Gasteiger partial charge in [0, 0.05) is 6.54 Å². The lowest BCUT2D eigenvalue weighted by Crippen LogP contribution is -2.36. The molecule has 0 saturated heterocycles. The van der Waals surface area contributed by atoms with E-state index >= 15 is 0 Å². The first kappa shape index (κ1) is 19.8. The molecule has 0 saturated carbocycles. The Morgan fingerprint density at radius 1 is 1.13 bits per heavy atom. The molecule has 158 valence electrons. The number of nitrogens with one attached hydrogen (secondary N) is 1. The minimum Gasteiger partial charge on any atom is -0.493 e. The van der Waals surface area contributed by atoms with E-state index in [1.807, 2.05) is 17.5 Å². The normalized spacial score (nSPS) is 16.3. The third-order valence-electron chi connectivity index (χ3n) is 5.81. The van der Waals surface area contributed by atoms with E-state index in [0.717, 1.165) is 30.0 Å². The summed E-state index contributed by atoms with van der Waals surface area (Å²) in [6, 6.07) is 16.5. The van der Waals surface area contributed by atoms with Crippen LogP contribution in [0.1, 0.15) is 28.6 Å². The average molecular weight is 434 g/mol. The lowest BCUT2D eigenvalue weighted by atomic mass is 9.87. The van der Waals surface area contributed by atoms with Gasteiger partial charge in [0.1, 0.15) is 10.5 Å². The highest BCUT2D eigenvalue weighted by Crippen LogP contribution is 2.41. The summed E-state index contributed by atoms with van der Waals surface area (Å²) in [4.78, 5) is 22.5. The van der Waals surface area contributed by atoms with Gasteiger partial charge in [0.2, 0.25) is 0 Å². The predicted octanol–water partition coefficient (Wildman–Crippen LogP) is 4.15. The van der Waals surface area contributed by atoms with Gasteiger partial charge in [-0.3, -0.25) is 9.69 Å². The number of benzene rings is 2. The van der Waals surface area contributed by atoms with Crippen LogP contribution in [0.15, 0.2) is 58.7 Å². The molecule has 0 radical (unpaired) electrons. The summed E-state index contributed by atoms with van der Waals surface area (Å²) in [5.74, 6) is 2.14. The molecule has 6 nitrogen and oxygen atoms in total. The van der Waals surface area contributed by atoms with E-state index in [1.54, 1.807) is 14.2 Å². The Labute approximate surface area is 184 Å². The van der Waals surface area contributed by atoms with Crippen LogP contribution in [0.25, 0.3) is 10.2 Å². The third-order valence-corrected chi connectivity index (χ3v) is 6.71. The van der Waals surface area contributed by atoms with Crippen molar-refractivity contribution in [3.63, 3.8) is 0 Å². The molecule has 0 bridgehead atoms. The van der Waals surface area contributed by atoms with E-state index in [1.165, 1.54) is 28.0 Å². The molecule has 1 N–H and O–H groups in total. The maximum Gasteiger partial charge on any atom is 0.268 e. The molecule has 5 rings (SSSR count). The fourth-order valence-electron chi connectivity index (χ4n) is 4.38. The Balaban J connectivity index is 1.59. The lowest BCUT2D eigenvalue weighted by molar-refractivity contribution is 0.198. The Bertz CT molecular complexity index is 1280. The minimum absolute atomic E-state index is 0.0215. The van der Waals surface area contributed by atoms with Crippen molar-refractivity contribution >= 4 is 21.6 Å². The smallest absolute Gasteiger partial charge is 0.268 e. The number of nitrogens with zero attached hydrogens (tertiary/aromatic N) is 2. The monoisotopic (exact) mass is 433 g/mol. The fourth-order valence-corrected chi connectivity index (χ4v) is 5.11. The van der Waals surface area contributed by atoms with Crippen LogP contribution in [0, 0.1) is 0 Å². The number of thiophene rings is 1. The van der Waals surface area contributed by atoms with Crippen molar-refractivity contribution < 1.29 is 9.47 Å². The summed E-state index contributed by atoms with van der Waals surface area (Å²) in [6.45, 7) is 1.39. The van der Waals surface area contributed by atoms with Crippen molar-refractivity contribution in [1.82, 2.24) is 14.9 Å². The molecule has 0 unspecified atom stereocenters. The van der Waals surface area contributed by atoms with Crippen LogP contribution in [0.2, 0.25) is 0 Å². The summed E-state index contributed by atoms with van der Waals surface area (Å²) >= 11 is 1.42. The first-order valence-electron chi connectivity index (χ1n) is 10.2. The first-order valence-corrected chi connectivity index (χ1v) is 11.1. The van der Waals surface area contributed by atoms with Gasteiger partial charge in [-0.25, -0.2) is 4.98 Å². The second-order valence-electron chi connectivity index (χ2n) is 7.59. The second-order valence-corrected chi connectivity index (χ2v) is 8.50. The molecule has 2 aromatic carbocycles. The van der Waals surface area contributed by atoms with Gasteiger partial charge in [-0.05, 0) is 46.7 Å². The standard InChI is InChI=1S/C24H23N3O3S/c1-29-19-12-16-8-10-27(14-21-25-18-9-11-31-23(18)24(28)26-21)22(15-6-4-3-5-7-15)17(16)13-20(19)30-2/h3-7,9,11-13,22H,8,10,14H2,1-2H3,(H,25,26,28)/t22-/m1/s1. The maximum absolute atomic E-state index is 12.5. The second kappa shape index (κ2) is 8.17. The van der Waals surface area contributed by atoms with Crippen LogP contribution in [-0.4, -0.2) is 35.6 Å². The Morgan fingerprint density at radius 2 is 1.90 bits per heavy atom. The van der Waals surface area contributed by atoms with E-state index in [2.05, 4.69) is 46.3 Å². The highest BCUT2D eigenvalue weighted by Gasteiger charge is 2.31. The number of methoxy groups -OCH3 is 2. The van der Waals surface area contributed by atoms with Crippen molar-refractivity contribution in [3.8, 4) is 11.5 Å². The number of H-pyrrole nitrogens is 1. The molecule has 0 amide bonds. The molecule has 7 heteroatoms. The van der Waals surface area contributed by atoms with Crippen molar-refractivity contribution in [2.24, 2.45) is 0 Å². The molecular weight excluding hydrogens is 410 g/mol. The van der Waals surface area contributed by atoms with Gasteiger partial charge in [0.15, 0.2) is 11.5 Å². The molecule has 1 atom stereocenters. The van der Waals surface area contributed by atoms with Gasteiger partial charge in [-0.2, -0.15) is 0 Å². The van der Waals surface area contributed by atoms with Crippen LogP contribution in [0.3, 0.4) is 0 Å². The zero-order valence-corrected chi connectivity index (χ0v) is 18.2. The molecular formula is C24H23N3O3S. The van der Waals surface area contributed by atoms with E-state index in [0.29, 0.717) is 17.1 Å². The predicted molar refractivity (Wildman–Crippen MR) is 122 cm³/mol. The first-order chi connectivity index (χ1) is 15.2. The zero-order chi connectivity index (χ0) is 21.4. The van der Waals surface area contributed by atoms with Crippen LogP contribution >= 0.6 is 11.3 Å². The summed E-state index contributed by atoms with van der Waals surface area (Å²) in [5, 5.41) is 1.90. The van der Waals surface area contributed by atoms with Gasteiger partial charge in [0.25, 0.3) is 5.56 Å². The molecule has 0 fully saturated rings. The largest absolute Gasteiger partial charge is 0.493 e. The van der Waals surface area contributed by atoms with Crippen LogP contribution < -0.4 is 15.0 Å². The maximum atomic E-state index is 12.5. The number of fused-ring (bicyclic) bond motifs is 2. The molecule has 0 aliphatic carbocycles. The Kier molecular flexibility index (Phi) is 5.21. The Hall–Kier alpha value is -3.16. The van der Waals surface area contributed by atoms with Gasteiger partial charge in [0.05, 0.1) is 32.3 Å². The van der Waals surface area contributed by atoms with Crippen molar-refractivity contribution in [2.45, 2.75) is 19.0 Å². The number of rotatable bonds is 5. The summed E-state index contributed by atoms with van der Waals surface area (Å²) in [7, 11) is 3.32. The van der Waals surface area contributed by atoms with Gasteiger partial charge >= 0.3 is 0 Å². The number of hydrogen-bond acceptors (Lipinski definition) is 6. The number of aromatic nitrogens is 2. The molecule has 2 aromatic heterocycles. The lowest BCUT2D eigenvalue weighted by Gasteiger charge is -2.37. The molecule has 4 aromatic rings.